The lowest BCUT2D eigenvalue weighted by Crippen LogP contribution is -2.37. The molecule has 1 fully saturated rings. The average molecular weight is 366 g/mol. The van der Waals surface area contributed by atoms with Gasteiger partial charge >= 0.3 is 0 Å². The van der Waals surface area contributed by atoms with Gasteiger partial charge in [-0.15, -0.1) is 11.3 Å². The molecule has 0 aliphatic carbocycles. The fraction of sp³-hybridized carbons (Fsp3) is 0.421. The number of aryl methyl sites for hydroxylation is 3. The van der Waals surface area contributed by atoms with Crippen molar-refractivity contribution in [3.8, 4) is 10.6 Å². The Hall–Kier alpha value is -2.25. The lowest BCUT2D eigenvalue weighted by molar-refractivity contribution is 0.179. The topological polar surface area (TPSA) is 62.6 Å². The number of imidazole rings is 1. The molecule has 5 heterocycles. The molecule has 4 aromatic rings. The van der Waals surface area contributed by atoms with E-state index in [0.29, 0.717) is 0 Å². The molecule has 1 aliphatic rings. The van der Waals surface area contributed by atoms with Crippen molar-refractivity contribution in [2.75, 3.05) is 19.6 Å². The molecular weight excluding hydrogens is 344 g/mol. The van der Waals surface area contributed by atoms with E-state index in [0.717, 1.165) is 46.0 Å². The van der Waals surface area contributed by atoms with Crippen LogP contribution in [0.1, 0.15) is 24.4 Å². The van der Waals surface area contributed by atoms with Crippen molar-refractivity contribution in [2.24, 2.45) is 7.05 Å². The first-order valence-corrected chi connectivity index (χ1v) is 10.0. The summed E-state index contributed by atoms with van der Waals surface area (Å²) >= 11 is 1.75. The van der Waals surface area contributed by atoms with Crippen LogP contribution in [-0.2, 0) is 13.5 Å². The fourth-order valence-electron chi connectivity index (χ4n) is 3.74. The summed E-state index contributed by atoms with van der Waals surface area (Å²) in [5.74, 6) is 1.16. The second-order valence-corrected chi connectivity index (χ2v) is 8.12. The summed E-state index contributed by atoms with van der Waals surface area (Å²) in [6.07, 6.45) is 5.39. The number of likely N-dealkylation sites (tertiary alicyclic amines) is 1. The van der Waals surface area contributed by atoms with Crippen LogP contribution >= 0.6 is 11.3 Å². The van der Waals surface area contributed by atoms with Gasteiger partial charge in [-0.05, 0) is 51.5 Å². The van der Waals surface area contributed by atoms with E-state index in [1.807, 2.05) is 12.3 Å². The van der Waals surface area contributed by atoms with Gasteiger partial charge in [0, 0.05) is 19.7 Å². The molecule has 1 aliphatic heterocycles. The van der Waals surface area contributed by atoms with Crippen molar-refractivity contribution in [2.45, 2.75) is 26.2 Å². The zero-order valence-electron chi connectivity index (χ0n) is 15.1. The van der Waals surface area contributed by atoms with Crippen LogP contribution in [0.2, 0.25) is 0 Å². The van der Waals surface area contributed by atoms with Gasteiger partial charge in [0.1, 0.15) is 17.0 Å². The monoisotopic (exact) mass is 366 g/mol. The Balaban J connectivity index is 1.55. The van der Waals surface area contributed by atoms with Crippen LogP contribution in [0.4, 0.5) is 0 Å². The molecule has 5 rings (SSSR count). The van der Waals surface area contributed by atoms with Gasteiger partial charge in [0.05, 0.1) is 26.3 Å². The van der Waals surface area contributed by atoms with Crippen LogP contribution in [-0.4, -0.2) is 49.3 Å². The number of rotatable bonds is 5. The SMILES string of the molecule is Cc1nc2cc(-c3cc[nH]n3)sc2c2c1nc(CCCN1CCC1)n2C. The molecule has 0 amide bonds. The lowest BCUT2D eigenvalue weighted by Gasteiger charge is -2.30. The predicted molar refractivity (Wildman–Crippen MR) is 106 cm³/mol. The van der Waals surface area contributed by atoms with Crippen molar-refractivity contribution in [1.29, 1.82) is 0 Å². The second kappa shape index (κ2) is 6.17. The summed E-state index contributed by atoms with van der Waals surface area (Å²) in [6, 6.07) is 4.14. The molecule has 0 aromatic carbocycles. The van der Waals surface area contributed by atoms with Gasteiger partial charge in [-0.3, -0.25) is 5.10 Å². The number of fused-ring (bicyclic) bond motifs is 3. The van der Waals surface area contributed by atoms with E-state index in [1.54, 1.807) is 11.3 Å². The first-order chi connectivity index (χ1) is 12.7. The maximum absolute atomic E-state index is 4.94. The highest BCUT2D eigenvalue weighted by Gasteiger charge is 2.18. The van der Waals surface area contributed by atoms with E-state index in [2.05, 4.69) is 39.7 Å². The summed E-state index contributed by atoms with van der Waals surface area (Å²) < 4.78 is 3.47. The largest absolute Gasteiger partial charge is 0.330 e. The number of aromatic nitrogens is 5. The molecule has 1 N–H and O–H groups in total. The van der Waals surface area contributed by atoms with E-state index in [-0.39, 0.29) is 0 Å². The zero-order valence-corrected chi connectivity index (χ0v) is 15.9. The third-order valence-electron chi connectivity index (χ3n) is 5.32. The van der Waals surface area contributed by atoms with Crippen molar-refractivity contribution in [3.63, 3.8) is 0 Å². The number of hydrogen-bond donors (Lipinski definition) is 1. The Kier molecular flexibility index (Phi) is 3.79. The number of H-pyrrole nitrogens is 1. The van der Waals surface area contributed by atoms with E-state index in [1.165, 1.54) is 36.3 Å². The molecule has 0 bridgehead atoms. The molecule has 0 atom stereocenters. The van der Waals surface area contributed by atoms with Crippen LogP contribution in [0.25, 0.3) is 31.8 Å². The molecule has 26 heavy (non-hydrogen) atoms. The molecule has 7 heteroatoms. The Morgan fingerprint density at radius 1 is 1.27 bits per heavy atom. The van der Waals surface area contributed by atoms with Crippen LogP contribution in [0.5, 0.6) is 0 Å². The molecule has 1 saturated heterocycles. The van der Waals surface area contributed by atoms with Gasteiger partial charge < -0.3 is 9.47 Å². The van der Waals surface area contributed by atoms with Crippen molar-refractivity contribution >= 4 is 32.6 Å². The number of nitrogens with zero attached hydrogens (tertiary/aromatic N) is 5. The summed E-state index contributed by atoms with van der Waals surface area (Å²) in [5.41, 5.74) is 5.25. The molecule has 0 saturated carbocycles. The number of nitrogens with one attached hydrogen (secondary N) is 1. The molecule has 134 valence electrons. The highest BCUT2D eigenvalue weighted by molar-refractivity contribution is 7.23. The third-order valence-corrected chi connectivity index (χ3v) is 6.48. The minimum Gasteiger partial charge on any atom is -0.330 e. The highest BCUT2D eigenvalue weighted by Crippen LogP contribution is 2.37. The van der Waals surface area contributed by atoms with E-state index >= 15 is 0 Å². The van der Waals surface area contributed by atoms with E-state index < -0.39 is 0 Å². The summed E-state index contributed by atoms with van der Waals surface area (Å²) in [7, 11) is 2.14. The first-order valence-electron chi connectivity index (χ1n) is 9.18. The van der Waals surface area contributed by atoms with Crippen molar-refractivity contribution in [1.82, 2.24) is 29.6 Å². The Labute approximate surface area is 155 Å². The number of thiophene rings is 1. The van der Waals surface area contributed by atoms with Gasteiger partial charge in [0.25, 0.3) is 0 Å². The molecular formula is C19H22N6S. The molecule has 4 aromatic heterocycles. The second-order valence-electron chi connectivity index (χ2n) is 7.06. The van der Waals surface area contributed by atoms with Gasteiger partial charge in [0.15, 0.2) is 0 Å². The standard InChI is InChI=1S/C19H22N6S/c1-12-17-18(24(2)16(22-17)5-3-8-25-9-4-10-25)19-14(21-12)11-15(26-19)13-6-7-20-23-13/h6-7,11H,3-5,8-10H2,1-2H3,(H,20,23). The van der Waals surface area contributed by atoms with Gasteiger partial charge in [-0.25, -0.2) is 9.97 Å². The zero-order chi connectivity index (χ0) is 17.7. The van der Waals surface area contributed by atoms with Crippen molar-refractivity contribution < 1.29 is 0 Å². The predicted octanol–water partition coefficient (Wildman–Crippen LogP) is 3.52. The average Bonchev–Trinajstić information content (AvgIpc) is 3.29. The Bertz CT molecular complexity index is 1070. The van der Waals surface area contributed by atoms with Crippen LogP contribution < -0.4 is 0 Å². The Morgan fingerprint density at radius 2 is 2.15 bits per heavy atom. The fourth-order valence-corrected chi connectivity index (χ4v) is 4.89. The third kappa shape index (κ3) is 2.54. The molecule has 0 spiro atoms. The first kappa shape index (κ1) is 16.0. The molecule has 0 unspecified atom stereocenters. The minimum atomic E-state index is 0.968. The Morgan fingerprint density at radius 3 is 2.88 bits per heavy atom. The number of hydrogen-bond acceptors (Lipinski definition) is 5. The molecule has 0 radical (unpaired) electrons. The quantitative estimate of drug-likeness (QED) is 0.587. The van der Waals surface area contributed by atoms with Gasteiger partial charge in [-0.2, -0.15) is 5.10 Å². The number of pyridine rings is 1. The highest BCUT2D eigenvalue weighted by atomic mass is 32.1. The normalized spacial score (nSPS) is 15.2. The minimum absolute atomic E-state index is 0.968. The van der Waals surface area contributed by atoms with Gasteiger partial charge in [0.2, 0.25) is 0 Å². The van der Waals surface area contributed by atoms with Crippen LogP contribution in [0, 0.1) is 6.92 Å². The maximum Gasteiger partial charge on any atom is 0.111 e. The summed E-state index contributed by atoms with van der Waals surface area (Å²) in [5, 5.41) is 7.21. The van der Waals surface area contributed by atoms with Gasteiger partial charge in [-0.1, -0.05) is 0 Å². The number of aromatic amines is 1. The van der Waals surface area contributed by atoms with Crippen LogP contribution in [0.15, 0.2) is 18.3 Å². The summed E-state index contributed by atoms with van der Waals surface area (Å²) in [4.78, 5) is 13.4. The maximum atomic E-state index is 4.94. The van der Waals surface area contributed by atoms with Crippen LogP contribution in [0.3, 0.4) is 0 Å². The lowest BCUT2D eigenvalue weighted by atomic mass is 10.2. The smallest absolute Gasteiger partial charge is 0.111 e. The van der Waals surface area contributed by atoms with E-state index in [4.69, 9.17) is 9.97 Å². The van der Waals surface area contributed by atoms with Crippen molar-refractivity contribution in [3.05, 3.63) is 29.8 Å². The summed E-state index contributed by atoms with van der Waals surface area (Å²) in [6.45, 7) is 5.76. The van der Waals surface area contributed by atoms with E-state index in [9.17, 15) is 0 Å². The molecule has 6 nitrogen and oxygen atoms in total.